The minimum Gasteiger partial charge on any atom is -0.310 e. The minimum absolute atomic E-state index is 0.691. The molecule has 0 aromatic carbocycles. The summed E-state index contributed by atoms with van der Waals surface area (Å²) < 4.78 is 1.22. The van der Waals surface area contributed by atoms with Crippen molar-refractivity contribution in [3.05, 3.63) is 33.5 Å². The third kappa shape index (κ3) is 3.72. The van der Waals surface area contributed by atoms with Crippen LogP contribution in [0.2, 0.25) is 0 Å². The van der Waals surface area contributed by atoms with Crippen LogP contribution in [0, 0.1) is 5.92 Å². The SMILES string of the molecule is C=CCCC(NCc1csc(Br)c1)C1CC1. The van der Waals surface area contributed by atoms with Gasteiger partial charge in [-0.2, -0.15) is 0 Å². The lowest BCUT2D eigenvalue weighted by Crippen LogP contribution is -2.30. The van der Waals surface area contributed by atoms with Crippen LogP contribution in [0.25, 0.3) is 0 Å². The Hall–Kier alpha value is -0.120. The smallest absolute Gasteiger partial charge is 0.0701 e. The summed E-state index contributed by atoms with van der Waals surface area (Å²) in [5, 5.41) is 5.90. The van der Waals surface area contributed by atoms with Crippen molar-refractivity contribution in [3.63, 3.8) is 0 Å². The van der Waals surface area contributed by atoms with Gasteiger partial charge in [0.05, 0.1) is 3.79 Å². The largest absolute Gasteiger partial charge is 0.310 e. The molecule has 1 fully saturated rings. The molecule has 16 heavy (non-hydrogen) atoms. The predicted molar refractivity (Wildman–Crippen MR) is 74.8 cm³/mol. The molecule has 1 unspecified atom stereocenters. The second-order valence-corrected chi connectivity index (χ2v) is 6.74. The zero-order chi connectivity index (χ0) is 11.4. The van der Waals surface area contributed by atoms with Crippen molar-refractivity contribution in [2.45, 2.75) is 38.3 Å². The second kappa shape index (κ2) is 5.99. The maximum Gasteiger partial charge on any atom is 0.0701 e. The van der Waals surface area contributed by atoms with Crippen LogP contribution in [-0.2, 0) is 6.54 Å². The summed E-state index contributed by atoms with van der Waals surface area (Å²) in [5.41, 5.74) is 1.39. The fraction of sp³-hybridized carbons (Fsp3) is 0.538. The van der Waals surface area contributed by atoms with Crippen LogP contribution in [0.5, 0.6) is 0 Å². The van der Waals surface area contributed by atoms with E-state index in [1.54, 1.807) is 11.3 Å². The first-order valence-corrected chi connectivity index (χ1v) is 7.54. The number of halogens is 1. The Morgan fingerprint density at radius 2 is 2.44 bits per heavy atom. The minimum atomic E-state index is 0.691. The molecule has 0 bridgehead atoms. The Bertz CT molecular complexity index is 343. The van der Waals surface area contributed by atoms with Crippen LogP contribution in [-0.4, -0.2) is 6.04 Å². The highest BCUT2D eigenvalue weighted by Gasteiger charge is 2.30. The molecule has 1 heterocycles. The van der Waals surface area contributed by atoms with Crippen molar-refractivity contribution in [2.75, 3.05) is 0 Å². The summed E-state index contributed by atoms with van der Waals surface area (Å²) in [7, 11) is 0. The van der Waals surface area contributed by atoms with Gasteiger partial charge in [-0.05, 0) is 64.5 Å². The zero-order valence-corrected chi connectivity index (χ0v) is 11.8. The van der Waals surface area contributed by atoms with E-state index in [1.165, 1.54) is 28.6 Å². The number of nitrogens with one attached hydrogen (secondary N) is 1. The van der Waals surface area contributed by atoms with E-state index in [1.807, 2.05) is 6.08 Å². The van der Waals surface area contributed by atoms with E-state index in [-0.39, 0.29) is 0 Å². The molecule has 0 radical (unpaired) electrons. The number of hydrogen-bond donors (Lipinski definition) is 1. The average Bonchev–Trinajstić information content (AvgIpc) is 3.03. The van der Waals surface area contributed by atoms with Crippen molar-refractivity contribution in [2.24, 2.45) is 5.92 Å². The number of hydrogen-bond acceptors (Lipinski definition) is 2. The molecule has 1 atom stereocenters. The number of allylic oxidation sites excluding steroid dienone is 1. The van der Waals surface area contributed by atoms with Crippen molar-refractivity contribution >= 4 is 27.3 Å². The molecule has 1 nitrogen and oxygen atoms in total. The van der Waals surface area contributed by atoms with Gasteiger partial charge in [-0.15, -0.1) is 17.9 Å². The van der Waals surface area contributed by atoms with E-state index < -0.39 is 0 Å². The van der Waals surface area contributed by atoms with E-state index >= 15 is 0 Å². The van der Waals surface area contributed by atoms with Crippen LogP contribution < -0.4 is 5.32 Å². The van der Waals surface area contributed by atoms with E-state index in [0.717, 1.165) is 18.9 Å². The van der Waals surface area contributed by atoms with Crippen LogP contribution in [0.4, 0.5) is 0 Å². The first-order chi connectivity index (χ1) is 7.79. The molecule has 0 amide bonds. The van der Waals surface area contributed by atoms with Crippen molar-refractivity contribution in [1.82, 2.24) is 5.32 Å². The number of rotatable bonds is 7. The van der Waals surface area contributed by atoms with Crippen molar-refractivity contribution < 1.29 is 0 Å². The van der Waals surface area contributed by atoms with Gasteiger partial charge in [0.1, 0.15) is 0 Å². The van der Waals surface area contributed by atoms with Gasteiger partial charge in [-0.25, -0.2) is 0 Å². The molecule has 0 aliphatic heterocycles. The standard InChI is InChI=1S/C13H18BrNS/c1-2-3-4-12(11-5-6-11)15-8-10-7-13(14)16-9-10/h2,7,9,11-12,15H,1,3-6,8H2. The average molecular weight is 300 g/mol. The molecule has 1 N–H and O–H groups in total. The topological polar surface area (TPSA) is 12.0 Å². The first-order valence-electron chi connectivity index (χ1n) is 5.87. The lowest BCUT2D eigenvalue weighted by molar-refractivity contribution is 0.437. The third-order valence-electron chi connectivity index (χ3n) is 3.06. The van der Waals surface area contributed by atoms with Gasteiger partial charge in [-0.1, -0.05) is 6.08 Å². The quantitative estimate of drug-likeness (QED) is 0.738. The molecule has 1 aliphatic carbocycles. The highest BCUT2D eigenvalue weighted by atomic mass is 79.9. The van der Waals surface area contributed by atoms with Gasteiger partial charge in [0.25, 0.3) is 0 Å². The van der Waals surface area contributed by atoms with Crippen LogP contribution in [0.15, 0.2) is 27.9 Å². The van der Waals surface area contributed by atoms with Gasteiger partial charge in [0.2, 0.25) is 0 Å². The van der Waals surface area contributed by atoms with Crippen LogP contribution >= 0.6 is 27.3 Å². The predicted octanol–water partition coefficient (Wildman–Crippen LogP) is 4.35. The third-order valence-corrected chi connectivity index (χ3v) is 4.62. The van der Waals surface area contributed by atoms with Gasteiger partial charge in [0, 0.05) is 12.6 Å². The summed E-state index contributed by atoms with van der Waals surface area (Å²) >= 11 is 5.26. The molecular weight excluding hydrogens is 282 g/mol. The molecule has 88 valence electrons. The van der Waals surface area contributed by atoms with E-state index in [4.69, 9.17) is 0 Å². The highest BCUT2D eigenvalue weighted by molar-refractivity contribution is 9.11. The molecule has 0 spiro atoms. The molecule has 0 saturated heterocycles. The summed E-state index contributed by atoms with van der Waals surface area (Å²) in [6.45, 7) is 4.80. The second-order valence-electron chi connectivity index (χ2n) is 4.45. The van der Waals surface area contributed by atoms with Gasteiger partial charge < -0.3 is 5.32 Å². The molecule has 3 heteroatoms. The monoisotopic (exact) mass is 299 g/mol. The Morgan fingerprint density at radius 3 is 3.00 bits per heavy atom. The zero-order valence-electron chi connectivity index (χ0n) is 9.42. The Kier molecular flexibility index (Phi) is 4.62. The Balaban J connectivity index is 1.79. The van der Waals surface area contributed by atoms with Crippen LogP contribution in [0.1, 0.15) is 31.2 Å². The van der Waals surface area contributed by atoms with Gasteiger partial charge >= 0.3 is 0 Å². The summed E-state index contributed by atoms with van der Waals surface area (Å²) in [5.74, 6) is 0.919. The summed E-state index contributed by atoms with van der Waals surface area (Å²) in [6.07, 6.45) is 7.20. The van der Waals surface area contributed by atoms with Gasteiger partial charge in [0.15, 0.2) is 0 Å². The Labute approximate surface area is 110 Å². The van der Waals surface area contributed by atoms with Crippen molar-refractivity contribution in [3.8, 4) is 0 Å². The molecule has 1 aliphatic rings. The lowest BCUT2D eigenvalue weighted by Gasteiger charge is -2.16. The highest BCUT2D eigenvalue weighted by Crippen LogP contribution is 2.34. The summed E-state index contributed by atoms with van der Waals surface area (Å²) in [6, 6.07) is 2.89. The maximum absolute atomic E-state index is 3.80. The van der Waals surface area contributed by atoms with Crippen molar-refractivity contribution in [1.29, 1.82) is 0 Å². The molecule has 1 saturated carbocycles. The van der Waals surface area contributed by atoms with E-state index in [2.05, 4.69) is 39.3 Å². The molecule has 1 aromatic rings. The first kappa shape index (κ1) is 12.3. The molecular formula is C13H18BrNS. The normalized spacial score (nSPS) is 17.3. The molecule has 1 aromatic heterocycles. The van der Waals surface area contributed by atoms with Gasteiger partial charge in [-0.3, -0.25) is 0 Å². The fourth-order valence-electron chi connectivity index (χ4n) is 1.99. The lowest BCUT2D eigenvalue weighted by atomic mass is 10.1. The van der Waals surface area contributed by atoms with E-state index in [9.17, 15) is 0 Å². The Morgan fingerprint density at radius 1 is 1.62 bits per heavy atom. The fourth-order valence-corrected chi connectivity index (χ4v) is 3.20. The number of thiophene rings is 1. The summed E-state index contributed by atoms with van der Waals surface area (Å²) in [4.78, 5) is 0. The maximum atomic E-state index is 3.80. The van der Waals surface area contributed by atoms with Crippen LogP contribution in [0.3, 0.4) is 0 Å². The van der Waals surface area contributed by atoms with E-state index in [0.29, 0.717) is 6.04 Å². The molecule has 2 rings (SSSR count).